The maximum absolute atomic E-state index is 14.4. The Morgan fingerprint density at radius 1 is 1.08 bits per heavy atom. The Labute approximate surface area is 157 Å². The average molecular weight is 419 g/mol. The number of anilines is 2. The second-order valence-electron chi connectivity index (χ2n) is 6.63. The number of nitrogens with zero attached hydrogens (tertiary/aromatic N) is 6. The number of rotatable bonds is 3. The summed E-state index contributed by atoms with van der Waals surface area (Å²) in [5.41, 5.74) is 0.588. The van der Waals surface area contributed by atoms with Gasteiger partial charge in [0.2, 0.25) is 5.89 Å². The van der Waals surface area contributed by atoms with E-state index in [-0.39, 0.29) is 5.82 Å². The first kappa shape index (κ1) is 15.9. The van der Waals surface area contributed by atoms with Gasteiger partial charge in [0.15, 0.2) is 0 Å². The first-order valence-electron chi connectivity index (χ1n) is 8.63. The van der Waals surface area contributed by atoms with Crippen molar-refractivity contribution >= 4 is 38.6 Å². The molecule has 1 aromatic carbocycles. The molecule has 1 saturated heterocycles. The fourth-order valence-electron chi connectivity index (χ4n) is 3.30. The molecule has 0 N–H and O–H groups in total. The molecule has 0 unspecified atom stereocenters. The minimum atomic E-state index is -0.312. The van der Waals surface area contributed by atoms with Gasteiger partial charge in [0.1, 0.15) is 18.0 Å². The molecule has 0 atom stereocenters. The Bertz CT molecular complexity index is 967. The van der Waals surface area contributed by atoms with E-state index in [1.807, 2.05) is 0 Å². The van der Waals surface area contributed by atoms with Gasteiger partial charge in [-0.25, -0.2) is 14.4 Å². The molecule has 1 aliphatic carbocycles. The molecule has 0 spiro atoms. The van der Waals surface area contributed by atoms with Crippen molar-refractivity contribution in [1.82, 2.24) is 20.1 Å². The van der Waals surface area contributed by atoms with Crippen LogP contribution in [0.2, 0.25) is 0 Å². The number of halogens is 2. The average Bonchev–Trinajstić information content (AvgIpc) is 3.41. The van der Waals surface area contributed by atoms with E-state index in [2.05, 4.69) is 45.8 Å². The number of piperazine rings is 1. The Balaban J connectivity index is 1.38. The monoisotopic (exact) mass is 418 g/mol. The molecular weight excluding hydrogens is 403 g/mol. The molecule has 134 valence electrons. The number of hydrogen-bond donors (Lipinski definition) is 0. The molecule has 9 heteroatoms. The number of hydrogen-bond acceptors (Lipinski definition) is 7. The summed E-state index contributed by atoms with van der Waals surface area (Å²) in [4.78, 5) is 17.3. The van der Waals surface area contributed by atoms with Crippen molar-refractivity contribution in [2.45, 2.75) is 18.8 Å². The van der Waals surface area contributed by atoms with Gasteiger partial charge in [-0.05, 0) is 46.1 Å². The van der Waals surface area contributed by atoms with Gasteiger partial charge >= 0.3 is 0 Å². The van der Waals surface area contributed by atoms with E-state index < -0.39 is 0 Å². The summed E-state index contributed by atoms with van der Waals surface area (Å²) in [6.07, 6.45) is 3.75. The van der Waals surface area contributed by atoms with Crippen molar-refractivity contribution < 1.29 is 8.91 Å². The Morgan fingerprint density at radius 3 is 2.62 bits per heavy atom. The molecule has 0 bridgehead atoms. The van der Waals surface area contributed by atoms with Gasteiger partial charge < -0.3 is 14.3 Å². The fraction of sp³-hybridized carbons (Fsp3) is 0.412. The number of aromatic nitrogens is 4. The van der Waals surface area contributed by atoms with Crippen molar-refractivity contribution in [3.8, 4) is 0 Å². The van der Waals surface area contributed by atoms with Crippen molar-refractivity contribution in [2.75, 3.05) is 36.0 Å². The molecule has 1 saturated carbocycles. The normalized spacial score (nSPS) is 17.9. The molecule has 2 aliphatic rings. The second-order valence-corrected chi connectivity index (χ2v) is 7.49. The molecule has 1 aliphatic heterocycles. The molecule has 26 heavy (non-hydrogen) atoms. The quantitative estimate of drug-likeness (QED) is 0.646. The van der Waals surface area contributed by atoms with Gasteiger partial charge in [-0.3, -0.25) is 0 Å². The van der Waals surface area contributed by atoms with Crippen LogP contribution in [0.5, 0.6) is 0 Å². The lowest BCUT2D eigenvalue weighted by Gasteiger charge is -2.35. The van der Waals surface area contributed by atoms with Crippen LogP contribution in [0.1, 0.15) is 24.7 Å². The van der Waals surface area contributed by atoms with Gasteiger partial charge in [-0.1, -0.05) is 0 Å². The molecule has 2 aromatic heterocycles. The zero-order chi connectivity index (χ0) is 17.7. The maximum atomic E-state index is 14.4. The van der Waals surface area contributed by atoms with Crippen molar-refractivity contribution in [1.29, 1.82) is 0 Å². The maximum Gasteiger partial charge on any atom is 0.266 e. The van der Waals surface area contributed by atoms with Gasteiger partial charge in [0, 0.05) is 36.6 Å². The third-order valence-electron chi connectivity index (χ3n) is 4.89. The van der Waals surface area contributed by atoms with E-state index in [0.717, 1.165) is 36.3 Å². The summed E-state index contributed by atoms with van der Waals surface area (Å²) in [5, 5.41) is 4.55. The lowest BCUT2D eigenvalue weighted by Crippen LogP contribution is -2.47. The highest BCUT2D eigenvalue weighted by atomic mass is 79.9. The highest BCUT2D eigenvalue weighted by Gasteiger charge is 2.31. The zero-order valence-electron chi connectivity index (χ0n) is 13.9. The summed E-state index contributed by atoms with van der Waals surface area (Å²) in [6.45, 7) is 2.85. The number of benzene rings is 1. The lowest BCUT2D eigenvalue weighted by atomic mass is 10.2. The lowest BCUT2D eigenvalue weighted by molar-refractivity contribution is 0.378. The van der Waals surface area contributed by atoms with E-state index in [9.17, 15) is 4.39 Å². The highest BCUT2D eigenvalue weighted by molar-refractivity contribution is 9.10. The Morgan fingerprint density at radius 2 is 1.85 bits per heavy atom. The van der Waals surface area contributed by atoms with Crippen LogP contribution in [0.4, 0.5) is 16.2 Å². The fourth-order valence-corrected chi connectivity index (χ4v) is 3.73. The van der Waals surface area contributed by atoms with Crippen LogP contribution in [0.25, 0.3) is 10.9 Å². The van der Waals surface area contributed by atoms with Crippen LogP contribution in [-0.2, 0) is 0 Å². The minimum Gasteiger partial charge on any atom is -0.352 e. The van der Waals surface area contributed by atoms with E-state index in [4.69, 9.17) is 4.52 Å². The summed E-state index contributed by atoms with van der Waals surface area (Å²) in [5.74, 6) is 2.16. The summed E-state index contributed by atoms with van der Waals surface area (Å²) in [7, 11) is 0. The molecule has 3 aromatic rings. The highest BCUT2D eigenvalue weighted by Crippen LogP contribution is 2.39. The first-order chi connectivity index (χ1) is 12.7. The SMILES string of the molecule is Fc1ccc(Br)c2ncnc(N3CCN(c4noc(C5CC5)n4)CC3)c12. The summed E-state index contributed by atoms with van der Waals surface area (Å²) < 4.78 is 20.5. The van der Waals surface area contributed by atoms with Gasteiger partial charge in [0.05, 0.1) is 10.9 Å². The topological polar surface area (TPSA) is 71.2 Å². The molecule has 7 nitrogen and oxygen atoms in total. The van der Waals surface area contributed by atoms with Crippen molar-refractivity contribution in [2.24, 2.45) is 0 Å². The largest absolute Gasteiger partial charge is 0.352 e. The number of fused-ring (bicyclic) bond motifs is 1. The Hall–Kier alpha value is -2.29. The molecule has 5 rings (SSSR count). The van der Waals surface area contributed by atoms with Gasteiger partial charge in [-0.2, -0.15) is 4.98 Å². The van der Waals surface area contributed by atoms with E-state index in [0.29, 0.717) is 41.7 Å². The molecule has 0 radical (unpaired) electrons. The predicted octanol–water partition coefficient (Wildman–Crippen LogP) is 3.12. The molecule has 0 amide bonds. The van der Waals surface area contributed by atoms with Crippen LogP contribution < -0.4 is 9.80 Å². The molecular formula is C17H16BrFN6O. The van der Waals surface area contributed by atoms with E-state index in [1.54, 1.807) is 6.07 Å². The smallest absolute Gasteiger partial charge is 0.266 e. The van der Waals surface area contributed by atoms with Crippen LogP contribution in [0, 0.1) is 5.82 Å². The van der Waals surface area contributed by atoms with Crippen LogP contribution in [0.15, 0.2) is 27.5 Å². The van der Waals surface area contributed by atoms with Crippen LogP contribution in [-0.4, -0.2) is 46.3 Å². The second kappa shape index (κ2) is 6.15. The Kier molecular flexibility index (Phi) is 3.77. The van der Waals surface area contributed by atoms with Crippen molar-refractivity contribution in [3.63, 3.8) is 0 Å². The molecule has 2 fully saturated rings. The van der Waals surface area contributed by atoms with Crippen LogP contribution >= 0.6 is 15.9 Å². The van der Waals surface area contributed by atoms with E-state index in [1.165, 1.54) is 12.4 Å². The predicted molar refractivity (Wildman–Crippen MR) is 97.9 cm³/mol. The summed E-state index contributed by atoms with van der Waals surface area (Å²) in [6, 6.07) is 3.11. The minimum absolute atomic E-state index is 0.312. The third kappa shape index (κ3) is 2.70. The van der Waals surface area contributed by atoms with Crippen LogP contribution in [0.3, 0.4) is 0 Å². The van der Waals surface area contributed by atoms with E-state index >= 15 is 0 Å². The van der Waals surface area contributed by atoms with Gasteiger partial charge in [-0.15, -0.1) is 0 Å². The van der Waals surface area contributed by atoms with Gasteiger partial charge in [0.25, 0.3) is 5.95 Å². The first-order valence-corrected chi connectivity index (χ1v) is 9.42. The summed E-state index contributed by atoms with van der Waals surface area (Å²) >= 11 is 3.44. The molecule has 3 heterocycles. The third-order valence-corrected chi connectivity index (χ3v) is 5.53. The van der Waals surface area contributed by atoms with Crippen molar-refractivity contribution in [3.05, 3.63) is 34.6 Å². The standard InChI is InChI=1S/C17H16BrFN6O/c18-11-3-4-12(19)13-14(11)20-9-21-15(13)24-5-7-25(8-6-24)17-22-16(26-23-17)10-1-2-10/h3-4,9-10H,1-2,5-8H2. The zero-order valence-corrected chi connectivity index (χ0v) is 15.5.